The highest BCUT2D eigenvalue weighted by molar-refractivity contribution is 7.13. The van der Waals surface area contributed by atoms with Gasteiger partial charge in [-0.1, -0.05) is 12.1 Å². The van der Waals surface area contributed by atoms with Crippen molar-refractivity contribution in [2.45, 2.75) is 58.1 Å². The van der Waals surface area contributed by atoms with Crippen LogP contribution in [0.15, 0.2) is 30.5 Å². The molecule has 1 aromatic heterocycles. The number of alkyl carbamates (subject to hydrolysis) is 1. The van der Waals surface area contributed by atoms with Gasteiger partial charge >= 0.3 is 6.09 Å². The third kappa shape index (κ3) is 6.26. The fraction of sp³-hybridized carbons (Fsp3) is 0.500. The highest BCUT2D eigenvalue weighted by atomic mass is 32.1. The molecule has 0 saturated heterocycles. The molecule has 0 bridgehead atoms. The Morgan fingerprint density at radius 1 is 1.20 bits per heavy atom. The number of ether oxygens (including phenoxy) is 1. The van der Waals surface area contributed by atoms with Crippen molar-refractivity contribution >= 4 is 23.3 Å². The predicted octanol–water partition coefficient (Wildman–Crippen LogP) is 4.30. The van der Waals surface area contributed by atoms with E-state index in [4.69, 9.17) is 4.74 Å². The zero-order valence-corrected chi connectivity index (χ0v) is 18.6. The maximum Gasteiger partial charge on any atom is 0.407 e. The van der Waals surface area contributed by atoms with Crippen molar-refractivity contribution in [1.82, 2.24) is 15.6 Å². The first-order chi connectivity index (χ1) is 14.0. The van der Waals surface area contributed by atoms with Gasteiger partial charge in [0.1, 0.15) is 16.3 Å². The zero-order chi connectivity index (χ0) is 21.9. The third-order valence-electron chi connectivity index (χ3n) is 4.92. The molecule has 8 heteroatoms. The molecule has 3 rings (SSSR count). The lowest BCUT2D eigenvalue weighted by Gasteiger charge is -2.31. The number of rotatable bonds is 7. The maximum atomic E-state index is 13.1. The van der Waals surface area contributed by atoms with Gasteiger partial charge in [0.05, 0.1) is 16.7 Å². The molecule has 2 aromatic rings. The quantitative estimate of drug-likeness (QED) is 0.682. The normalized spacial score (nSPS) is 15.9. The molecule has 2 N–H and O–H groups in total. The second kappa shape index (κ2) is 8.71. The minimum Gasteiger partial charge on any atom is -0.444 e. The Bertz CT molecular complexity index is 903. The van der Waals surface area contributed by atoms with Gasteiger partial charge in [0.15, 0.2) is 0 Å². The van der Waals surface area contributed by atoms with Crippen molar-refractivity contribution in [3.05, 3.63) is 51.7 Å². The van der Waals surface area contributed by atoms with Gasteiger partial charge in [0.25, 0.3) is 5.91 Å². The molecule has 162 valence electrons. The van der Waals surface area contributed by atoms with Crippen LogP contribution in [0.5, 0.6) is 0 Å². The SMILES string of the molecule is CC(C)(C)OC(=O)NCC(C)(NC(=O)c1cnc(Cc2ccc(F)cc2)s1)C1CC1. The molecule has 6 nitrogen and oxygen atoms in total. The minimum absolute atomic E-state index is 0.210. The second-order valence-corrected chi connectivity index (χ2v) is 10.0. The summed E-state index contributed by atoms with van der Waals surface area (Å²) in [6.07, 6.45) is 3.62. The fourth-order valence-corrected chi connectivity index (χ4v) is 4.02. The first-order valence-electron chi connectivity index (χ1n) is 10.0. The molecule has 1 fully saturated rings. The van der Waals surface area contributed by atoms with Crippen LogP contribution in [0.4, 0.5) is 9.18 Å². The third-order valence-corrected chi connectivity index (χ3v) is 5.92. The fourth-order valence-electron chi connectivity index (χ4n) is 3.18. The molecule has 1 atom stereocenters. The van der Waals surface area contributed by atoms with Crippen LogP contribution in [0.1, 0.15) is 60.8 Å². The standard InChI is InChI=1S/C22H28FN3O3S/c1-21(2,3)29-20(28)25-13-22(4,15-7-8-15)26-19(27)17-12-24-18(30-17)11-14-5-9-16(23)10-6-14/h5-6,9-10,12,15H,7-8,11,13H2,1-4H3,(H,25,28)(H,26,27). The van der Waals surface area contributed by atoms with E-state index in [0.717, 1.165) is 23.4 Å². The van der Waals surface area contributed by atoms with Crippen LogP contribution in [-0.4, -0.2) is 34.7 Å². The van der Waals surface area contributed by atoms with E-state index in [1.165, 1.54) is 23.5 Å². The van der Waals surface area contributed by atoms with E-state index in [0.29, 0.717) is 23.8 Å². The lowest BCUT2D eigenvalue weighted by Crippen LogP contribution is -2.55. The summed E-state index contributed by atoms with van der Waals surface area (Å²) in [5, 5.41) is 6.65. The van der Waals surface area contributed by atoms with Crippen molar-refractivity contribution in [1.29, 1.82) is 0 Å². The van der Waals surface area contributed by atoms with Crippen molar-refractivity contribution < 1.29 is 18.7 Å². The molecular weight excluding hydrogens is 405 g/mol. The van der Waals surface area contributed by atoms with Crippen molar-refractivity contribution in [3.8, 4) is 0 Å². The van der Waals surface area contributed by atoms with Crippen LogP contribution in [0.3, 0.4) is 0 Å². The molecule has 1 saturated carbocycles. The number of carbonyl (C=O) groups is 2. The first-order valence-corrected chi connectivity index (χ1v) is 10.8. The average Bonchev–Trinajstić information content (AvgIpc) is 3.41. The van der Waals surface area contributed by atoms with Gasteiger partial charge in [0, 0.05) is 13.0 Å². The number of carbonyl (C=O) groups excluding carboxylic acids is 2. The summed E-state index contributed by atoms with van der Waals surface area (Å²) in [5.41, 5.74) is -0.204. The topological polar surface area (TPSA) is 80.3 Å². The molecule has 1 aliphatic rings. The Kier molecular flexibility index (Phi) is 6.45. The Hall–Kier alpha value is -2.48. The molecule has 0 aliphatic heterocycles. The number of amides is 2. The number of hydrogen-bond donors (Lipinski definition) is 2. The van der Waals surface area contributed by atoms with Crippen LogP contribution in [0.2, 0.25) is 0 Å². The lowest BCUT2D eigenvalue weighted by atomic mass is 9.95. The number of nitrogens with zero attached hydrogens (tertiary/aromatic N) is 1. The summed E-state index contributed by atoms with van der Waals surface area (Å²) in [4.78, 5) is 29.7. The molecule has 0 spiro atoms. The van der Waals surface area contributed by atoms with Gasteiger partial charge in [-0.15, -0.1) is 11.3 Å². The summed E-state index contributed by atoms with van der Waals surface area (Å²) in [6.45, 7) is 7.66. The predicted molar refractivity (Wildman–Crippen MR) is 114 cm³/mol. The molecule has 0 radical (unpaired) electrons. The molecule has 1 heterocycles. The van der Waals surface area contributed by atoms with E-state index in [-0.39, 0.29) is 11.7 Å². The Balaban J connectivity index is 1.60. The first kappa shape index (κ1) is 22.2. The monoisotopic (exact) mass is 433 g/mol. The van der Waals surface area contributed by atoms with Crippen molar-refractivity contribution in [2.75, 3.05) is 6.54 Å². The minimum atomic E-state index is -0.577. The van der Waals surface area contributed by atoms with Gasteiger partial charge in [-0.3, -0.25) is 4.79 Å². The van der Waals surface area contributed by atoms with Crippen LogP contribution in [0.25, 0.3) is 0 Å². The van der Waals surface area contributed by atoms with Crippen LogP contribution >= 0.6 is 11.3 Å². The number of nitrogens with one attached hydrogen (secondary N) is 2. The highest BCUT2D eigenvalue weighted by Crippen LogP contribution is 2.39. The average molecular weight is 434 g/mol. The Morgan fingerprint density at radius 3 is 2.47 bits per heavy atom. The molecule has 1 aliphatic carbocycles. The van der Waals surface area contributed by atoms with E-state index >= 15 is 0 Å². The zero-order valence-electron chi connectivity index (χ0n) is 17.8. The Morgan fingerprint density at radius 2 is 1.87 bits per heavy atom. The number of halogens is 1. The van der Waals surface area contributed by atoms with Gasteiger partial charge < -0.3 is 15.4 Å². The van der Waals surface area contributed by atoms with Crippen LogP contribution < -0.4 is 10.6 Å². The summed E-state index contributed by atoms with van der Waals surface area (Å²) in [7, 11) is 0. The lowest BCUT2D eigenvalue weighted by molar-refractivity contribution is 0.0502. The van der Waals surface area contributed by atoms with Gasteiger partial charge in [0.2, 0.25) is 0 Å². The van der Waals surface area contributed by atoms with E-state index in [1.807, 2.05) is 27.7 Å². The van der Waals surface area contributed by atoms with Gasteiger partial charge in [-0.25, -0.2) is 14.2 Å². The summed E-state index contributed by atoms with van der Waals surface area (Å²) in [6, 6.07) is 6.25. The van der Waals surface area contributed by atoms with E-state index < -0.39 is 17.2 Å². The van der Waals surface area contributed by atoms with E-state index in [9.17, 15) is 14.0 Å². The van der Waals surface area contributed by atoms with E-state index in [1.54, 1.807) is 18.3 Å². The number of hydrogen-bond acceptors (Lipinski definition) is 5. The molecule has 1 unspecified atom stereocenters. The largest absolute Gasteiger partial charge is 0.444 e. The van der Waals surface area contributed by atoms with Gasteiger partial charge in [-0.2, -0.15) is 0 Å². The summed E-state index contributed by atoms with van der Waals surface area (Å²) in [5.74, 6) is -0.182. The summed E-state index contributed by atoms with van der Waals surface area (Å²) >= 11 is 1.32. The number of benzene rings is 1. The van der Waals surface area contributed by atoms with Crippen LogP contribution in [0, 0.1) is 11.7 Å². The number of thiazole rings is 1. The molecule has 2 amide bonds. The van der Waals surface area contributed by atoms with Crippen molar-refractivity contribution in [2.24, 2.45) is 5.92 Å². The Labute approximate surface area is 180 Å². The van der Waals surface area contributed by atoms with E-state index in [2.05, 4.69) is 15.6 Å². The van der Waals surface area contributed by atoms with Crippen molar-refractivity contribution in [3.63, 3.8) is 0 Å². The van der Waals surface area contributed by atoms with Crippen LogP contribution in [-0.2, 0) is 11.2 Å². The second-order valence-electron chi connectivity index (χ2n) is 8.92. The number of aromatic nitrogens is 1. The molecule has 30 heavy (non-hydrogen) atoms. The summed E-state index contributed by atoms with van der Waals surface area (Å²) < 4.78 is 18.4. The maximum absolute atomic E-state index is 13.1. The highest BCUT2D eigenvalue weighted by Gasteiger charge is 2.43. The smallest absolute Gasteiger partial charge is 0.407 e. The molecule has 1 aromatic carbocycles. The molecular formula is C22H28FN3O3S. The van der Waals surface area contributed by atoms with Gasteiger partial charge in [-0.05, 0) is 64.2 Å².